The molecule has 1 fully saturated rings. The van der Waals surface area contributed by atoms with Crippen LogP contribution >= 0.6 is 11.6 Å². The maximum absolute atomic E-state index is 8.85. The molecule has 0 saturated carbocycles. The van der Waals surface area contributed by atoms with E-state index in [1.807, 2.05) is 12.1 Å². The fourth-order valence-electron chi connectivity index (χ4n) is 2.10. The van der Waals surface area contributed by atoms with Gasteiger partial charge in [0.1, 0.15) is 6.07 Å². The summed E-state index contributed by atoms with van der Waals surface area (Å²) in [5, 5.41) is 9.36. The molecule has 1 aliphatic rings. The Kier molecular flexibility index (Phi) is 3.28. The second-order valence-electron chi connectivity index (χ2n) is 4.79. The Morgan fingerprint density at radius 1 is 1.47 bits per heavy atom. The molecule has 1 aromatic carbocycles. The van der Waals surface area contributed by atoms with Gasteiger partial charge in [-0.15, -0.1) is 0 Å². The van der Waals surface area contributed by atoms with E-state index >= 15 is 0 Å². The van der Waals surface area contributed by atoms with Gasteiger partial charge in [0.15, 0.2) is 0 Å². The van der Waals surface area contributed by atoms with Gasteiger partial charge >= 0.3 is 0 Å². The predicted octanol–water partition coefficient (Wildman–Crippen LogP) is 2.83. The van der Waals surface area contributed by atoms with Crippen molar-refractivity contribution in [2.24, 2.45) is 0 Å². The fraction of sp³-hybridized carbons (Fsp3) is 0.462. The summed E-state index contributed by atoms with van der Waals surface area (Å²) in [4.78, 5) is 2.27. The van der Waals surface area contributed by atoms with Crippen LogP contribution in [0.3, 0.4) is 0 Å². The Morgan fingerprint density at radius 2 is 2.24 bits per heavy atom. The summed E-state index contributed by atoms with van der Waals surface area (Å²) in [6, 6.07) is 7.63. The molecule has 2 rings (SSSR count). The predicted molar refractivity (Wildman–Crippen MR) is 68.4 cm³/mol. The monoisotopic (exact) mass is 250 g/mol. The number of ether oxygens (including phenoxy) is 1. The number of nitriles is 1. The normalized spacial score (nSPS) is 18.8. The van der Waals surface area contributed by atoms with E-state index in [1.165, 1.54) is 0 Å². The lowest BCUT2D eigenvalue weighted by Crippen LogP contribution is -2.53. The van der Waals surface area contributed by atoms with Gasteiger partial charge in [-0.3, -0.25) is 0 Å². The topological polar surface area (TPSA) is 36.3 Å². The molecule has 1 saturated heterocycles. The molecule has 0 spiro atoms. The molecule has 0 aliphatic carbocycles. The third-order valence-electron chi connectivity index (χ3n) is 3.03. The zero-order chi connectivity index (χ0) is 12.5. The molecule has 4 heteroatoms. The van der Waals surface area contributed by atoms with Gasteiger partial charge in [-0.2, -0.15) is 5.26 Å². The Bertz CT molecular complexity index is 465. The molecule has 3 nitrogen and oxygen atoms in total. The number of hydrogen-bond acceptors (Lipinski definition) is 3. The fourth-order valence-corrected chi connectivity index (χ4v) is 2.32. The standard InChI is InChI=1S/C13H15ClN2O/c1-13(2)9-17-6-5-16(13)11-4-3-10(8-15)12(14)7-11/h3-4,7H,5-6,9H2,1-2H3. The number of benzene rings is 1. The van der Waals surface area contributed by atoms with Crippen LogP contribution in [0.25, 0.3) is 0 Å². The van der Waals surface area contributed by atoms with E-state index < -0.39 is 0 Å². The van der Waals surface area contributed by atoms with Gasteiger partial charge in [0.2, 0.25) is 0 Å². The second-order valence-corrected chi connectivity index (χ2v) is 5.20. The van der Waals surface area contributed by atoms with Gasteiger partial charge in [-0.05, 0) is 32.0 Å². The molecule has 1 aromatic rings. The smallest absolute Gasteiger partial charge is 0.101 e. The number of anilines is 1. The van der Waals surface area contributed by atoms with Crippen LogP contribution in [0.1, 0.15) is 19.4 Å². The molecule has 0 bridgehead atoms. The van der Waals surface area contributed by atoms with E-state index in [1.54, 1.807) is 6.07 Å². The molecule has 0 radical (unpaired) electrons. The minimum absolute atomic E-state index is 0.0459. The maximum Gasteiger partial charge on any atom is 0.101 e. The summed E-state index contributed by atoms with van der Waals surface area (Å²) in [6.45, 7) is 6.54. The van der Waals surface area contributed by atoms with Crippen LogP contribution < -0.4 is 4.90 Å². The molecule has 0 amide bonds. The summed E-state index contributed by atoms with van der Waals surface area (Å²) in [6.07, 6.45) is 0. The van der Waals surface area contributed by atoms with Crippen LogP contribution in [0, 0.1) is 11.3 Å². The molecule has 1 aliphatic heterocycles. The van der Waals surface area contributed by atoms with Gasteiger partial charge in [0, 0.05) is 12.2 Å². The number of rotatable bonds is 1. The van der Waals surface area contributed by atoms with Crippen molar-refractivity contribution in [1.82, 2.24) is 0 Å². The first-order chi connectivity index (χ1) is 8.04. The van der Waals surface area contributed by atoms with Crippen molar-refractivity contribution in [2.45, 2.75) is 19.4 Å². The third kappa shape index (κ3) is 2.38. The van der Waals surface area contributed by atoms with E-state index in [4.69, 9.17) is 21.6 Å². The SMILES string of the molecule is CC1(C)COCCN1c1ccc(C#N)c(Cl)c1. The van der Waals surface area contributed by atoms with E-state index in [9.17, 15) is 0 Å². The molecule has 0 N–H and O–H groups in total. The van der Waals surface area contributed by atoms with E-state index in [2.05, 4.69) is 24.8 Å². The first-order valence-electron chi connectivity index (χ1n) is 5.59. The van der Waals surface area contributed by atoms with Crippen molar-refractivity contribution in [2.75, 3.05) is 24.7 Å². The molecule has 0 unspecified atom stereocenters. The Labute approximate surface area is 107 Å². The van der Waals surface area contributed by atoms with Crippen LogP contribution in [0.2, 0.25) is 5.02 Å². The molecule has 17 heavy (non-hydrogen) atoms. The van der Waals surface area contributed by atoms with Crippen LogP contribution in [-0.2, 0) is 4.74 Å². The number of hydrogen-bond donors (Lipinski definition) is 0. The van der Waals surface area contributed by atoms with Gasteiger partial charge in [0.05, 0.1) is 29.3 Å². The number of morpholine rings is 1. The number of nitrogens with zero attached hydrogens (tertiary/aromatic N) is 2. The average Bonchev–Trinajstić information content (AvgIpc) is 2.28. The highest BCUT2D eigenvalue weighted by Crippen LogP contribution is 2.30. The van der Waals surface area contributed by atoms with Crippen molar-refractivity contribution in [3.63, 3.8) is 0 Å². The molecular weight excluding hydrogens is 236 g/mol. The van der Waals surface area contributed by atoms with Crippen LogP contribution in [0.15, 0.2) is 18.2 Å². The summed E-state index contributed by atoms with van der Waals surface area (Å²) >= 11 is 6.06. The van der Waals surface area contributed by atoms with Gasteiger partial charge < -0.3 is 9.64 Å². The second kappa shape index (κ2) is 4.56. The minimum atomic E-state index is -0.0459. The Morgan fingerprint density at radius 3 is 2.82 bits per heavy atom. The van der Waals surface area contributed by atoms with Crippen LogP contribution in [-0.4, -0.2) is 25.3 Å². The van der Waals surface area contributed by atoms with Crippen molar-refractivity contribution < 1.29 is 4.74 Å². The Balaban J connectivity index is 2.34. The lowest BCUT2D eigenvalue weighted by atomic mass is 10.0. The summed E-state index contributed by atoms with van der Waals surface area (Å²) in [7, 11) is 0. The van der Waals surface area contributed by atoms with Gasteiger partial charge in [-0.25, -0.2) is 0 Å². The highest BCUT2D eigenvalue weighted by atomic mass is 35.5. The zero-order valence-corrected chi connectivity index (χ0v) is 10.8. The third-order valence-corrected chi connectivity index (χ3v) is 3.34. The van der Waals surface area contributed by atoms with Gasteiger partial charge in [-0.1, -0.05) is 11.6 Å². The van der Waals surface area contributed by atoms with Crippen LogP contribution in [0.4, 0.5) is 5.69 Å². The molecule has 1 heterocycles. The summed E-state index contributed by atoms with van der Waals surface area (Å²) < 4.78 is 5.48. The molecule has 90 valence electrons. The van der Waals surface area contributed by atoms with Crippen LogP contribution in [0.5, 0.6) is 0 Å². The van der Waals surface area contributed by atoms with E-state index in [0.717, 1.165) is 18.8 Å². The largest absolute Gasteiger partial charge is 0.377 e. The lowest BCUT2D eigenvalue weighted by Gasteiger charge is -2.43. The van der Waals surface area contributed by atoms with Gasteiger partial charge in [0.25, 0.3) is 0 Å². The zero-order valence-electron chi connectivity index (χ0n) is 10.0. The summed E-state index contributed by atoms with van der Waals surface area (Å²) in [5.74, 6) is 0. The average molecular weight is 251 g/mol. The maximum atomic E-state index is 8.85. The molecule has 0 atom stereocenters. The minimum Gasteiger partial charge on any atom is -0.377 e. The lowest BCUT2D eigenvalue weighted by molar-refractivity contribution is 0.0644. The summed E-state index contributed by atoms with van der Waals surface area (Å²) in [5.41, 5.74) is 1.51. The first kappa shape index (κ1) is 12.2. The Hall–Kier alpha value is -1.24. The first-order valence-corrected chi connectivity index (χ1v) is 5.97. The highest BCUT2D eigenvalue weighted by molar-refractivity contribution is 6.32. The van der Waals surface area contributed by atoms with Crippen molar-refractivity contribution in [1.29, 1.82) is 5.26 Å². The molecule has 0 aromatic heterocycles. The van der Waals surface area contributed by atoms with Crippen molar-refractivity contribution in [3.8, 4) is 6.07 Å². The van der Waals surface area contributed by atoms with E-state index in [0.29, 0.717) is 17.2 Å². The number of halogens is 1. The van der Waals surface area contributed by atoms with E-state index in [-0.39, 0.29) is 5.54 Å². The highest BCUT2D eigenvalue weighted by Gasteiger charge is 2.30. The van der Waals surface area contributed by atoms with Crippen molar-refractivity contribution in [3.05, 3.63) is 28.8 Å². The quantitative estimate of drug-likeness (QED) is 0.769. The molecular formula is C13H15ClN2O. The van der Waals surface area contributed by atoms with Crippen molar-refractivity contribution >= 4 is 17.3 Å².